The van der Waals surface area contributed by atoms with Crippen molar-refractivity contribution in [1.29, 1.82) is 0 Å². The first-order valence-electron chi connectivity index (χ1n) is 6.88. The van der Waals surface area contributed by atoms with Crippen LogP contribution in [0.2, 0.25) is 0 Å². The Morgan fingerprint density at radius 2 is 1.89 bits per heavy atom. The maximum absolute atomic E-state index is 5.75. The van der Waals surface area contributed by atoms with Crippen LogP contribution in [0.1, 0.15) is 32.8 Å². The van der Waals surface area contributed by atoms with Crippen molar-refractivity contribution in [3.05, 3.63) is 23.8 Å². The lowest BCUT2D eigenvalue weighted by Crippen LogP contribution is -2.14. The van der Waals surface area contributed by atoms with E-state index in [1.54, 1.807) is 7.11 Å². The molecule has 0 saturated heterocycles. The summed E-state index contributed by atoms with van der Waals surface area (Å²) in [6.45, 7) is 11.0. The molecule has 3 heteroatoms. The minimum absolute atomic E-state index is 0.342. The highest BCUT2D eigenvalue weighted by Crippen LogP contribution is 2.27. The molecule has 1 aromatic rings. The Hall–Kier alpha value is -1.22. The molecule has 108 valence electrons. The number of nitrogens with one attached hydrogen (secondary N) is 1. The fourth-order valence-corrected chi connectivity index (χ4v) is 1.70. The zero-order valence-electron chi connectivity index (χ0n) is 12.9. The van der Waals surface area contributed by atoms with Crippen molar-refractivity contribution in [1.82, 2.24) is 0 Å². The molecule has 1 N–H and O–H groups in total. The number of methoxy groups -OCH3 is 1. The van der Waals surface area contributed by atoms with Gasteiger partial charge in [0.1, 0.15) is 12.4 Å². The van der Waals surface area contributed by atoms with E-state index >= 15 is 0 Å². The molecule has 0 heterocycles. The van der Waals surface area contributed by atoms with Gasteiger partial charge in [-0.1, -0.05) is 26.8 Å². The fraction of sp³-hybridized carbons (Fsp3) is 0.625. The van der Waals surface area contributed by atoms with Gasteiger partial charge < -0.3 is 14.8 Å². The van der Waals surface area contributed by atoms with Gasteiger partial charge in [0.05, 0.1) is 12.3 Å². The Bertz CT molecular complexity index is 383. The molecular formula is C16H27NO2. The highest BCUT2D eigenvalue weighted by Gasteiger charge is 2.10. The Kier molecular flexibility index (Phi) is 6.16. The van der Waals surface area contributed by atoms with Gasteiger partial charge in [-0.05, 0) is 36.5 Å². The average Bonchev–Trinajstić information content (AvgIpc) is 2.30. The average molecular weight is 265 g/mol. The van der Waals surface area contributed by atoms with Gasteiger partial charge >= 0.3 is 0 Å². The Balaban J connectivity index is 2.60. The molecule has 0 aliphatic heterocycles. The predicted molar refractivity (Wildman–Crippen MR) is 81.1 cm³/mol. The quantitative estimate of drug-likeness (QED) is 0.759. The molecule has 0 bridgehead atoms. The summed E-state index contributed by atoms with van der Waals surface area (Å²) in [4.78, 5) is 0. The van der Waals surface area contributed by atoms with Crippen LogP contribution >= 0.6 is 0 Å². The molecule has 1 rings (SSSR count). The highest BCUT2D eigenvalue weighted by molar-refractivity contribution is 5.57. The molecule has 0 aromatic heterocycles. The minimum Gasteiger partial charge on any atom is -0.489 e. The number of benzene rings is 1. The third-order valence-electron chi connectivity index (χ3n) is 2.87. The molecule has 0 unspecified atom stereocenters. The van der Waals surface area contributed by atoms with E-state index in [0.717, 1.165) is 24.4 Å². The van der Waals surface area contributed by atoms with Crippen molar-refractivity contribution in [2.24, 2.45) is 5.41 Å². The lowest BCUT2D eigenvalue weighted by molar-refractivity contribution is 0.146. The van der Waals surface area contributed by atoms with Gasteiger partial charge in [0, 0.05) is 13.7 Å². The highest BCUT2D eigenvalue weighted by atomic mass is 16.5. The van der Waals surface area contributed by atoms with Crippen LogP contribution in [0.4, 0.5) is 5.69 Å². The van der Waals surface area contributed by atoms with E-state index in [1.165, 1.54) is 5.56 Å². The van der Waals surface area contributed by atoms with Gasteiger partial charge in [0.25, 0.3) is 0 Å². The van der Waals surface area contributed by atoms with Crippen molar-refractivity contribution >= 4 is 5.69 Å². The second-order valence-corrected chi connectivity index (χ2v) is 6.08. The molecule has 3 nitrogen and oxygen atoms in total. The first-order valence-corrected chi connectivity index (χ1v) is 6.88. The fourth-order valence-electron chi connectivity index (χ4n) is 1.70. The molecule has 0 aliphatic rings. The van der Waals surface area contributed by atoms with Crippen LogP contribution < -0.4 is 10.1 Å². The number of ether oxygens (including phenoxy) is 2. The largest absolute Gasteiger partial charge is 0.489 e. The van der Waals surface area contributed by atoms with Crippen molar-refractivity contribution in [2.45, 2.75) is 34.1 Å². The van der Waals surface area contributed by atoms with E-state index < -0.39 is 0 Å². The van der Waals surface area contributed by atoms with E-state index in [9.17, 15) is 0 Å². The van der Waals surface area contributed by atoms with E-state index in [4.69, 9.17) is 9.47 Å². The third kappa shape index (κ3) is 6.48. The lowest BCUT2D eigenvalue weighted by Gasteiger charge is -2.20. The SMILES string of the molecule is COCCOc1cc(C)ccc1NCCC(C)(C)C. The van der Waals surface area contributed by atoms with E-state index in [0.29, 0.717) is 18.6 Å². The second-order valence-electron chi connectivity index (χ2n) is 6.08. The van der Waals surface area contributed by atoms with Crippen molar-refractivity contribution in [3.63, 3.8) is 0 Å². The number of hydrogen-bond acceptors (Lipinski definition) is 3. The minimum atomic E-state index is 0.342. The Morgan fingerprint density at radius 1 is 1.16 bits per heavy atom. The molecule has 19 heavy (non-hydrogen) atoms. The van der Waals surface area contributed by atoms with Crippen molar-refractivity contribution in [3.8, 4) is 5.75 Å². The number of rotatable bonds is 7. The lowest BCUT2D eigenvalue weighted by atomic mass is 9.92. The summed E-state index contributed by atoms with van der Waals surface area (Å²) >= 11 is 0. The molecule has 1 aromatic carbocycles. The van der Waals surface area contributed by atoms with E-state index in [2.05, 4.69) is 51.2 Å². The van der Waals surface area contributed by atoms with Gasteiger partial charge in [0.15, 0.2) is 0 Å². The topological polar surface area (TPSA) is 30.5 Å². The van der Waals surface area contributed by atoms with Gasteiger partial charge in [-0.3, -0.25) is 0 Å². The molecular weight excluding hydrogens is 238 g/mol. The van der Waals surface area contributed by atoms with Crippen LogP contribution in [0, 0.1) is 12.3 Å². The molecule has 0 radical (unpaired) electrons. The molecule has 0 atom stereocenters. The van der Waals surface area contributed by atoms with Gasteiger partial charge in [-0.25, -0.2) is 0 Å². The Labute approximate surface area is 117 Å². The van der Waals surface area contributed by atoms with Crippen LogP contribution in [-0.2, 0) is 4.74 Å². The van der Waals surface area contributed by atoms with Gasteiger partial charge in [-0.2, -0.15) is 0 Å². The van der Waals surface area contributed by atoms with Crippen LogP contribution in [-0.4, -0.2) is 26.9 Å². The standard InChI is InChI=1S/C16H27NO2/c1-13-6-7-14(17-9-8-16(2,3)4)15(12-13)19-11-10-18-5/h6-7,12,17H,8-11H2,1-5H3. The number of aryl methyl sites for hydroxylation is 1. The molecule has 0 spiro atoms. The maximum atomic E-state index is 5.75. The summed E-state index contributed by atoms with van der Waals surface area (Å²) in [5.74, 6) is 0.908. The van der Waals surface area contributed by atoms with Crippen molar-refractivity contribution in [2.75, 3.05) is 32.2 Å². The summed E-state index contributed by atoms with van der Waals surface area (Å²) in [7, 11) is 1.68. The summed E-state index contributed by atoms with van der Waals surface area (Å²) < 4.78 is 10.8. The first kappa shape index (κ1) is 15.8. The van der Waals surface area contributed by atoms with Crippen LogP contribution in [0.25, 0.3) is 0 Å². The van der Waals surface area contributed by atoms with Crippen molar-refractivity contribution < 1.29 is 9.47 Å². The third-order valence-corrected chi connectivity index (χ3v) is 2.87. The normalized spacial score (nSPS) is 11.4. The summed E-state index contributed by atoms with van der Waals surface area (Å²) in [5, 5.41) is 3.46. The first-order chi connectivity index (χ1) is 8.92. The Morgan fingerprint density at radius 3 is 2.53 bits per heavy atom. The second kappa shape index (κ2) is 7.39. The monoisotopic (exact) mass is 265 g/mol. The zero-order valence-corrected chi connectivity index (χ0v) is 12.9. The van der Waals surface area contributed by atoms with Gasteiger partial charge in [-0.15, -0.1) is 0 Å². The number of anilines is 1. The summed E-state index contributed by atoms with van der Waals surface area (Å²) in [6, 6.07) is 6.25. The maximum Gasteiger partial charge on any atom is 0.142 e. The molecule has 0 aliphatic carbocycles. The smallest absolute Gasteiger partial charge is 0.142 e. The van der Waals surface area contributed by atoms with Gasteiger partial charge in [0.2, 0.25) is 0 Å². The summed E-state index contributed by atoms with van der Waals surface area (Å²) in [6.07, 6.45) is 1.12. The van der Waals surface area contributed by atoms with E-state index in [1.807, 2.05) is 0 Å². The summed E-state index contributed by atoms with van der Waals surface area (Å²) in [5.41, 5.74) is 2.61. The zero-order chi connectivity index (χ0) is 14.3. The molecule has 0 amide bonds. The molecule has 0 fully saturated rings. The van der Waals surface area contributed by atoms with Crippen LogP contribution in [0.5, 0.6) is 5.75 Å². The van der Waals surface area contributed by atoms with Crippen LogP contribution in [0.3, 0.4) is 0 Å². The van der Waals surface area contributed by atoms with E-state index in [-0.39, 0.29) is 0 Å². The number of hydrogen-bond donors (Lipinski definition) is 1. The predicted octanol–water partition coefficient (Wildman–Crippen LogP) is 3.87. The van der Waals surface area contributed by atoms with Crippen LogP contribution in [0.15, 0.2) is 18.2 Å². The molecule has 0 saturated carbocycles.